The summed E-state index contributed by atoms with van der Waals surface area (Å²) in [5, 5.41) is 13.3. The number of amides is 1. The SMILES string of the molecule is COc1cnc(C)cc1-c1nc(CC(N)=O)nn1CCCO. The number of primary amides is 1. The maximum absolute atomic E-state index is 11.1. The van der Waals surface area contributed by atoms with Crippen molar-refractivity contribution in [2.24, 2.45) is 5.73 Å². The molecule has 0 radical (unpaired) electrons. The second kappa shape index (κ2) is 6.99. The summed E-state index contributed by atoms with van der Waals surface area (Å²) in [7, 11) is 1.55. The minimum Gasteiger partial charge on any atom is -0.494 e. The third kappa shape index (κ3) is 3.59. The first-order chi connectivity index (χ1) is 10.5. The monoisotopic (exact) mass is 305 g/mol. The van der Waals surface area contributed by atoms with Gasteiger partial charge in [-0.1, -0.05) is 0 Å². The fourth-order valence-electron chi connectivity index (χ4n) is 2.08. The summed E-state index contributed by atoms with van der Waals surface area (Å²) in [5.74, 6) is 0.974. The van der Waals surface area contributed by atoms with Crippen molar-refractivity contribution in [2.75, 3.05) is 13.7 Å². The zero-order valence-corrected chi connectivity index (χ0v) is 12.6. The van der Waals surface area contributed by atoms with E-state index in [4.69, 9.17) is 15.6 Å². The number of carbonyl (C=O) groups is 1. The van der Waals surface area contributed by atoms with Crippen LogP contribution in [0.4, 0.5) is 0 Å². The van der Waals surface area contributed by atoms with Crippen molar-refractivity contribution in [1.29, 1.82) is 0 Å². The summed E-state index contributed by atoms with van der Waals surface area (Å²) in [6, 6.07) is 1.84. The van der Waals surface area contributed by atoms with Gasteiger partial charge < -0.3 is 15.6 Å². The van der Waals surface area contributed by atoms with E-state index in [0.717, 1.165) is 11.3 Å². The Balaban J connectivity index is 2.49. The second-order valence-electron chi connectivity index (χ2n) is 4.82. The third-order valence-electron chi connectivity index (χ3n) is 3.04. The predicted octanol–water partition coefficient (Wildman–Crippen LogP) is 0.0673. The molecule has 0 atom stereocenters. The standard InChI is InChI=1S/C14H19N5O3/c1-9-6-10(11(22-2)8-16-9)14-17-13(7-12(15)21)18-19(14)4-3-5-20/h6,8,20H,3-5,7H2,1-2H3,(H2,15,21). The molecule has 2 aromatic heterocycles. The van der Waals surface area contributed by atoms with Crippen molar-refractivity contribution in [3.8, 4) is 17.1 Å². The topological polar surface area (TPSA) is 116 Å². The normalized spacial score (nSPS) is 10.7. The second-order valence-corrected chi connectivity index (χ2v) is 4.82. The van der Waals surface area contributed by atoms with Gasteiger partial charge in [0.15, 0.2) is 11.6 Å². The van der Waals surface area contributed by atoms with Gasteiger partial charge in [0.25, 0.3) is 0 Å². The number of hydrogen-bond donors (Lipinski definition) is 2. The summed E-state index contributed by atoms with van der Waals surface area (Å²) in [4.78, 5) is 19.6. The Morgan fingerprint density at radius 1 is 1.50 bits per heavy atom. The number of pyridine rings is 1. The highest BCUT2D eigenvalue weighted by Gasteiger charge is 2.17. The molecule has 8 nitrogen and oxygen atoms in total. The summed E-state index contributed by atoms with van der Waals surface area (Å²) >= 11 is 0. The molecule has 22 heavy (non-hydrogen) atoms. The van der Waals surface area contributed by atoms with E-state index in [0.29, 0.717) is 30.4 Å². The summed E-state index contributed by atoms with van der Waals surface area (Å²) in [6.07, 6.45) is 2.10. The molecule has 0 aliphatic rings. The van der Waals surface area contributed by atoms with Crippen molar-refractivity contribution in [1.82, 2.24) is 19.7 Å². The summed E-state index contributed by atoms with van der Waals surface area (Å²) in [6.45, 7) is 2.38. The number of ether oxygens (including phenoxy) is 1. The largest absolute Gasteiger partial charge is 0.494 e. The van der Waals surface area contributed by atoms with Crippen LogP contribution in [-0.4, -0.2) is 44.5 Å². The third-order valence-corrected chi connectivity index (χ3v) is 3.04. The lowest BCUT2D eigenvalue weighted by atomic mass is 10.2. The van der Waals surface area contributed by atoms with Crippen LogP contribution in [0.5, 0.6) is 5.75 Å². The fraction of sp³-hybridized carbons (Fsp3) is 0.429. The van der Waals surface area contributed by atoms with E-state index >= 15 is 0 Å². The molecule has 2 heterocycles. The number of hydrogen-bond acceptors (Lipinski definition) is 6. The van der Waals surface area contributed by atoms with E-state index in [9.17, 15) is 4.79 Å². The van der Waals surface area contributed by atoms with Crippen LogP contribution in [0, 0.1) is 6.92 Å². The number of aliphatic hydroxyl groups excluding tert-OH is 1. The molecule has 0 fully saturated rings. The minimum absolute atomic E-state index is 0.0362. The molecule has 3 N–H and O–H groups in total. The van der Waals surface area contributed by atoms with Gasteiger partial charge in [0.1, 0.15) is 5.75 Å². The van der Waals surface area contributed by atoms with Crippen molar-refractivity contribution in [2.45, 2.75) is 26.3 Å². The number of rotatable bonds is 7. The number of carbonyl (C=O) groups excluding carboxylic acids is 1. The highest BCUT2D eigenvalue weighted by Crippen LogP contribution is 2.28. The van der Waals surface area contributed by atoms with Gasteiger partial charge in [-0.3, -0.25) is 9.78 Å². The van der Waals surface area contributed by atoms with Crippen LogP contribution in [0.15, 0.2) is 12.3 Å². The molecule has 118 valence electrons. The summed E-state index contributed by atoms with van der Waals surface area (Å²) in [5.41, 5.74) is 6.74. The lowest BCUT2D eigenvalue weighted by Crippen LogP contribution is -2.15. The lowest BCUT2D eigenvalue weighted by molar-refractivity contribution is -0.117. The minimum atomic E-state index is -0.497. The number of aromatic nitrogens is 4. The highest BCUT2D eigenvalue weighted by molar-refractivity contribution is 5.76. The van der Waals surface area contributed by atoms with E-state index < -0.39 is 5.91 Å². The Kier molecular flexibility index (Phi) is 5.05. The van der Waals surface area contributed by atoms with Crippen LogP contribution in [-0.2, 0) is 17.8 Å². The van der Waals surface area contributed by atoms with Gasteiger partial charge in [0.05, 0.1) is 25.3 Å². The van der Waals surface area contributed by atoms with Gasteiger partial charge in [-0.2, -0.15) is 5.10 Å². The van der Waals surface area contributed by atoms with E-state index in [1.54, 1.807) is 18.0 Å². The number of nitrogens with two attached hydrogens (primary N) is 1. The molecular formula is C14H19N5O3. The molecule has 0 saturated carbocycles. The van der Waals surface area contributed by atoms with E-state index in [1.165, 1.54) is 0 Å². The zero-order valence-electron chi connectivity index (χ0n) is 12.6. The molecule has 2 rings (SSSR count). The first-order valence-corrected chi connectivity index (χ1v) is 6.89. The van der Waals surface area contributed by atoms with Crippen LogP contribution in [0.1, 0.15) is 17.9 Å². The molecule has 0 aliphatic carbocycles. The van der Waals surface area contributed by atoms with Gasteiger partial charge in [-0.05, 0) is 19.4 Å². The molecule has 0 unspecified atom stereocenters. The van der Waals surface area contributed by atoms with Crippen LogP contribution in [0.2, 0.25) is 0 Å². The number of nitrogens with zero attached hydrogens (tertiary/aromatic N) is 4. The predicted molar refractivity (Wildman–Crippen MR) is 79.1 cm³/mol. The number of aliphatic hydroxyl groups is 1. The average molecular weight is 305 g/mol. The maximum atomic E-state index is 11.1. The maximum Gasteiger partial charge on any atom is 0.225 e. The molecule has 2 aromatic rings. The molecular weight excluding hydrogens is 286 g/mol. The Labute approximate surface area is 127 Å². The molecule has 0 spiro atoms. The molecule has 8 heteroatoms. The number of aryl methyl sites for hydroxylation is 2. The first kappa shape index (κ1) is 15.9. The van der Waals surface area contributed by atoms with Gasteiger partial charge in [0.2, 0.25) is 5.91 Å². The van der Waals surface area contributed by atoms with Crippen molar-refractivity contribution in [3.63, 3.8) is 0 Å². The highest BCUT2D eigenvalue weighted by atomic mass is 16.5. The molecule has 1 amide bonds. The van der Waals surface area contributed by atoms with Crippen molar-refractivity contribution >= 4 is 5.91 Å². The Hall–Kier alpha value is -2.48. The zero-order chi connectivity index (χ0) is 16.1. The number of methoxy groups -OCH3 is 1. The van der Waals surface area contributed by atoms with Crippen molar-refractivity contribution < 1.29 is 14.6 Å². The van der Waals surface area contributed by atoms with E-state index in [-0.39, 0.29) is 13.0 Å². The van der Waals surface area contributed by atoms with E-state index in [2.05, 4.69) is 15.1 Å². The molecule has 0 bridgehead atoms. The Morgan fingerprint density at radius 3 is 2.91 bits per heavy atom. The molecule has 0 aromatic carbocycles. The van der Waals surface area contributed by atoms with E-state index in [1.807, 2.05) is 13.0 Å². The lowest BCUT2D eigenvalue weighted by Gasteiger charge is -2.09. The van der Waals surface area contributed by atoms with Crippen LogP contribution in [0.3, 0.4) is 0 Å². The van der Waals surface area contributed by atoms with Crippen molar-refractivity contribution in [3.05, 3.63) is 23.8 Å². The smallest absolute Gasteiger partial charge is 0.225 e. The summed E-state index contributed by atoms with van der Waals surface area (Å²) < 4.78 is 6.96. The van der Waals surface area contributed by atoms with Gasteiger partial charge >= 0.3 is 0 Å². The average Bonchev–Trinajstić information content (AvgIpc) is 2.86. The van der Waals surface area contributed by atoms with Crippen LogP contribution >= 0.6 is 0 Å². The molecule has 0 aliphatic heterocycles. The Morgan fingerprint density at radius 2 is 2.27 bits per heavy atom. The van der Waals surface area contributed by atoms with Crippen LogP contribution in [0.25, 0.3) is 11.4 Å². The van der Waals surface area contributed by atoms with Gasteiger partial charge in [0, 0.05) is 18.8 Å². The van der Waals surface area contributed by atoms with Crippen LogP contribution < -0.4 is 10.5 Å². The quantitative estimate of drug-likeness (QED) is 0.747. The van der Waals surface area contributed by atoms with Gasteiger partial charge in [-0.15, -0.1) is 0 Å². The first-order valence-electron chi connectivity index (χ1n) is 6.89. The Bertz CT molecular complexity index is 668. The molecule has 0 saturated heterocycles. The van der Waals surface area contributed by atoms with Gasteiger partial charge in [-0.25, -0.2) is 9.67 Å². The fourth-order valence-corrected chi connectivity index (χ4v) is 2.08.